The Labute approximate surface area is 71.8 Å². The van der Waals surface area contributed by atoms with Crippen LogP contribution in [0.3, 0.4) is 0 Å². The fourth-order valence-electron chi connectivity index (χ4n) is 0.833. The zero-order chi connectivity index (χ0) is 9.35. The van der Waals surface area contributed by atoms with Crippen molar-refractivity contribution in [3.05, 3.63) is 15.8 Å². The largest absolute Gasteiger partial charge is 0.573 e. The number of hydrogen-bond donors (Lipinski definition) is 0. The van der Waals surface area contributed by atoms with Crippen molar-refractivity contribution in [2.24, 2.45) is 0 Å². The van der Waals surface area contributed by atoms with Crippen molar-refractivity contribution in [2.45, 2.75) is 20.2 Å². The number of alkyl halides is 3. The summed E-state index contributed by atoms with van der Waals surface area (Å²) in [6.07, 6.45) is -4.59. The minimum Gasteiger partial charge on any atom is -0.405 e. The summed E-state index contributed by atoms with van der Waals surface area (Å²) in [7, 11) is 0. The van der Waals surface area contributed by atoms with E-state index in [0.29, 0.717) is 4.88 Å². The Morgan fingerprint density at radius 3 is 2.25 bits per heavy atom. The molecule has 0 bridgehead atoms. The Bertz CT molecular complexity index is 277. The van der Waals surface area contributed by atoms with Gasteiger partial charge in [0.15, 0.2) is 0 Å². The third kappa shape index (κ3) is 2.41. The van der Waals surface area contributed by atoms with Crippen molar-refractivity contribution in [1.29, 1.82) is 0 Å². The number of rotatable bonds is 1. The van der Waals surface area contributed by atoms with E-state index in [4.69, 9.17) is 0 Å². The summed E-state index contributed by atoms with van der Waals surface area (Å²) < 4.78 is 38.9. The van der Waals surface area contributed by atoms with Crippen molar-refractivity contribution in [1.82, 2.24) is 0 Å². The van der Waals surface area contributed by atoms with Crippen molar-refractivity contribution in [3.8, 4) is 5.75 Å². The van der Waals surface area contributed by atoms with Crippen molar-refractivity contribution >= 4 is 11.3 Å². The zero-order valence-electron chi connectivity index (χ0n) is 6.53. The molecule has 0 radical (unpaired) electrons. The van der Waals surface area contributed by atoms with E-state index in [2.05, 4.69) is 4.74 Å². The molecule has 1 rings (SSSR count). The van der Waals surface area contributed by atoms with Gasteiger partial charge < -0.3 is 4.74 Å². The molecule has 1 aromatic rings. The molecule has 1 aromatic heterocycles. The first kappa shape index (κ1) is 9.38. The van der Waals surface area contributed by atoms with Crippen LogP contribution in [0.25, 0.3) is 0 Å². The highest BCUT2D eigenvalue weighted by Gasteiger charge is 2.32. The average molecular weight is 196 g/mol. The average Bonchev–Trinajstić information content (AvgIpc) is 2.06. The van der Waals surface area contributed by atoms with Crippen LogP contribution in [0.2, 0.25) is 0 Å². The van der Waals surface area contributed by atoms with Crippen LogP contribution in [-0.2, 0) is 0 Å². The van der Waals surface area contributed by atoms with Crippen LogP contribution in [0.5, 0.6) is 5.75 Å². The third-order valence-corrected chi connectivity index (χ3v) is 2.17. The molecule has 0 unspecified atom stereocenters. The van der Waals surface area contributed by atoms with Crippen molar-refractivity contribution < 1.29 is 17.9 Å². The monoisotopic (exact) mass is 196 g/mol. The summed E-state index contributed by atoms with van der Waals surface area (Å²) in [6.45, 7) is 3.33. The highest BCUT2D eigenvalue weighted by molar-refractivity contribution is 7.12. The van der Waals surface area contributed by atoms with E-state index in [9.17, 15) is 13.2 Å². The van der Waals surface area contributed by atoms with Gasteiger partial charge in [0.05, 0.1) is 0 Å². The maximum absolute atomic E-state index is 11.7. The van der Waals surface area contributed by atoms with Gasteiger partial charge >= 0.3 is 6.36 Å². The van der Waals surface area contributed by atoms with Crippen molar-refractivity contribution in [3.63, 3.8) is 0 Å². The van der Waals surface area contributed by atoms with Gasteiger partial charge in [-0.25, -0.2) is 0 Å². The van der Waals surface area contributed by atoms with Crippen LogP contribution >= 0.6 is 11.3 Å². The molecular formula is C7H7F3OS. The Kier molecular flexibility index (Phi) is 2.32. The van der Waals surface area contributed by atoms with Gasteiger partial charge in [-0.05, 0) is 19.9 Å². The molecule has 0 saturated carbocycles. The Morgan fingerprint density at radius 1 is 1.33 bits per heavy atom. The fourth-order valence-corrected chi connectivity index (χ4v) is 1.68. The molecule has 0 spiro atoms. The number of aryl methyl sites for hydroxylation is 2. The van der Waals surface area contributed by atoms with Gasteiger partial charge in [0.25, 0.3) is 0 Å². The van der Waals surface area contributed by atoms with Crippen LogP contribution in [0.15, 0.2) is 6.07 Å². The summed E-state index contributed by atoms with van der Waals surface area (Å²) in [4.78, 5) is 1.36. The lowest BCUT2D eigenvalue weighted by atomic mass is 10.4. The fraction of sp³-hybridized carbons (Fsp3) is 0.429. The maximum Gasteiger partial charge on any atom is 0.573 e. The molecule has 12 heavy (non-hydrogen) atoms. The summed E-state index contributed by atoms with van der Waals surface area (Å²) in [6, 6.07) is 1.38. The quantitative estimate of drug-likeness (QED) is 0.669. The van der Waals surface area contributed by atoms with E-state index < -0.39 is 6.36 Å². The maximum atomic E-state index is 11.7. The highest BCUT2D eigenvalue weighted by Crippen LogP contribution is 2.31. The van der Waals surface area contributed by atoms with Crippen LogP contribution in [0.1, 0.15) is 9.75 Å². The molecule has 0 aromatic carbocycles. The van der Waals surface area contributed by atoms with Gasteiger partial charge in [0.1, 0.15) is 5.75 Å². The van der Waals surface area contributed by atoms with Gasteiger partial charge in [-0.15, -0.1) is 24.5 Å². The summed E-state index contributed by atoms with van der Waals surface area (Å²) in [5.41, 5.74) is 0. The minimum atomic E-state index is -4.59. The Morgan fingerprint density at radius 2 is 1.92 bits per heavy atom. The molecule has 1 heterocycles. The third-order valence-electron chi connectivity index (χ3n) is 1.22. The van der Waals surface area contributed by atoms with E-state index >= 15 is 0 Å². The Hall–Kier alpha value is -0.710. The van der Waals surface area contributed by atoms with E-state index in [-0.39, 0.29) is 5.75 Å². The second-order valence-electron chi connectivity index (χ2n) is 2.33. The standard InChI is InChI=1S/C7H7F3OS/c1-4-3-6(5(2)12-4)11-7(8,9)10/h3H,1-2H3. The normalized spacial score (nSPS) is 11.8. The minimum absolute atomic E-state index is 0.0926. The Balaban J connectivity index is 2.82. The topological polar surface area (TPSA) is 9.23 Å². The van der Waals surface area contributed by atoms with Gasteiger partial charge in [-0.1, -0.05) is 0 Å². The van der Waals surface area contributed by atoms with Crippen LogP contribution in [0, 0.1) is 13.8 Å². The summed E-state index contributed by atoms with van der Waals surface area (Å²) in [5.74, 6) is -0.0926. The van der Waals surface area contributed by atoms with Gasteiger partial charge in [-0.3, -0.25) is 0 Å². The molecular weight excluding hydrogens is 189 g/mol. The molecule has 68 valence electrons. The lowest BCUT2D eigenvalue weighted by Gasteiger charge is -2.06. The molecule has 0 fully saturated rings. The second-order valence-corrected chi connectivity index (χ2v) is 3.79. The number of halogens is 3. The molecule has 5 heteroatoms. The predicted molar refractivity (Wildman–Crippen MR) is 40.5 cm³/mol. The lowest BCUT2D eigenvalue weighted by Crippen LogP contribution is -2.17. The van der Waals surface area contributed by atoms with Gasteiger partial charge in [0, 0.05) is 9.75 Å². The summed E-state index contributed by atoms with van der Waals surface area (Å²) >= 11 is 1.28. The molecule has 0 N–H and O–H groups in total. The molecule has 0 atom stereocenters. The first-order valence-corrected chi connectivity index (χ1v) is 4.03. The first-order valence-electron chi connectivity index (χ1n) is 3.21. The zero-order valence-corrected chi connectivity index (χ0v) is 7.34. The van der Waals surface area contributed by atoms with Crippen LogP contribution in [-0.4, -0.2) is 6.36 Å². The van der Waals surface area contributed by atoms with E-state index in [1.54, 1.807) is 13.8 Å². The molecule has 0 saturated heterocycles. The first-order chi connectivity index (χ1) is 5.38. The predicted octanol–water partition coefficient (Wildman–Crippen LogP) is 3.26. The summed E-state index contributed by atoms with van der Waals surface area (Å²) in [5, 5.41) is 0. The smallest absolute Gasteiger partial charge is 0.405 e. The number of ether oxygens (including phenoxy) is 1. The van der Waals surface area contributed by atoms with E-state index in [0.717, 1.165) is 4.88 Å². The number of thiophene rings is 1. The van der Waals surface area contributed by atoms with Crippen molar-refractivity contribution in [2.75, 3.05) is 0 Å². The molecule has 1 nitrogen and oxygen atoms in total. The molecule has 0 aliphatic rings. The van der Waals surface area contributed by atoms with Crippen LogP contribution in [0.4, 0.5) is 13.2 Å². The lowest BCUT2D eigenvalue weighted by molar-refractivity contribution is -0.274. The molecule has 0 amide bonds. The molecule has 0 aliphatic carbocycles. The molecule has 0 aliphatic heterocycles. The van der Waals surface area contributed by atoms with Gasteiger partial charge in [0.2, 0.25) is 0 Å². The van der Waals surface area contributed by atoms with E-state index in [1.807, 2.05) is 0 Å². The number of hydrogen-bond acceptors (Lipinski definition) is 2. The van der Waals surface area contributed by atoms with Gasteiger partial charge in [-0.2, -0.15) is 0 Å². The SMILES string of the molecule is Cc1cc(OC(F)(F)F)c(C)s1. The highest BCUT2D eigenvalue weighted by atomic mass is 32.1. The van der Waals surface area contributed by atoms with Crippen LogP contribution < -0.4 is 4.74 Å². The second kappa shape index (κ2) is 2.97. The van der Waals surface area contributed by atoms with E-state index in [1.165, 1.54) is 17.4 Å².